The number of hydrogen-bond acceptors (Lipinski definition) is 5. The van der Waals surface area contributed by atoms with Crippen LogP contribution in [0.2, 0.25) is 0 Å². The molecule has 1 N–H and O–H groups in total. The van der Waals surface area contributed by atoms with E-state index in [2.05, 4.69) is 32.3 Å². The first kappa shape index (κ1) is 14.2. The van der Waals surface area contributed by atoms with Crippen LogP contribution >= 0.6 is 38.6 Å². The standard InChI is InChI=1S/C13H14BrN3OS2/c14-9-5-11(19-7-9)13-16-10(8-20-13)6-12(18)17-3-1-15-2-4-17/h5,7-8,15H,1-4,6H2. The summed E-state index contributed by atoms with van der Waals surface area (Å²) in [6.45, 7) is 3.37. The molecule has 0 unspecified atom stereocenters. The normalized spacial score (nSPS) is 15.6. The van der Waals surface area contributed by atoms with Crippen molar-refractivity contribution >= 4 is 44.5 Å². The first-order chi connectivity index (χ1) is 9.72. The summed E-state index contributed by atoms with van der Waals surface area (Å²) in [5, 5.41) is 8.27. The van der Waals surface area contributed by atoms with Gasteiger partial charge in [-0.05, 0) is 22.0 Å². The fourth-order valence-corrected chi connectivity index (χ4v) is 4.43. The van der Waals surface area contributed by atoms with E-state index < -0.39 is 0 Å². The number of aromatic nitrogens is 1. The van der Waals surface area contributed by atoms with Crippen LogP contribution in [0.4, 0.5) is 0 Å². The summed E-state index contributed by atoms with van der Waals surface area (Å²) >= 11 is 6.71. The number of thiophene rings is 1. The van der Waals surface area contributed by atoms with Crippen LogP contribution in [0.1, 0.15) is 5.69 Å². The lowest BCUT2D eigenvalue weighted by molar-refractivity contribution is -0.131. The summed E-state index contributed by atoms with van der Waals surface area (Å²) in [4.78, 5) is 19.8. The summed E-state index contributed by atoms with van der Waals surface area (Å²) in [5.74, 6) is 0.177. The first-order valence-corrected chi connectivity index (χ1v) is 8.95. The highest BCUT2D eigenvalue weighted by Gasteiger charge is 2.18. The van der Waals surface area contributed by atoms with Crippen LogP contribution in [0.5, 0.6) is 0 Å². The Kier molecular flexibility index (Phi) is 4.50. The van der Waals surface area contributed by atoms with Crippen molar-refractivity contribution in [2.45, 2.75) is 6.42 Å². The lowest BCUT2D eigenvalue weighted by Gasteiger charge is -2.27. The number of carbonyl (C=O) groups excluding carboxylic acids is 1. The van der Waals surface area contributed by atoms with Gasteiger partial charge in [-0.15, -0.1) is 22.7 Å². The highest BCUT2D eigenvalue weighted by atomic mass is 79.9. The summed E-state index contributed by atoms with van der Waals surface area (Å²) in [5.41, 5.74) is 0.873. The molecule has 7 heteroatoms. The maximum atomic E-state index is 12.2. The van der Waals surface area contributed by atoms with Crippen molar-refractivity contribution in [2.75, 3.05) is 26.2 Å². The van der Waals surface area contributed by atoms with Gasteiger partial charge in [0.15, 0.2) is 0 Å². The molecular weight excluding hydrogens is 358 g/mol. The van der Waals surface area contributed by atoms with Gasteiger partial charge in [0.05, 0.1) is 17.0 Å². The molecule has 3 rings (SSSR count). The molecule has 1 aliphatic rings. The molecule has 3 heterocycles. The van der Waals surface area contributed by atoms with Gasteiger partial charge in [-0.25, -0.2) is 4.98 Å². The molecular formula is C13H14BrN3OS2. The monoisotopic (exact) mass is 371 g/mol. The number of nitrogens with zero attached hydrogens (tertiary/aromatic N) is 2. The van der Waals surface area contributed by atoms with E-state index >= 15 is 0 Å². The van der Waals surface area contributed by atoms with Crippen LogP contribution in [0.3, 0.4) is 0 Å². The van der Waals surface area contributed by atoms with E-state index in [-0.39, 0.29) is 5.91 Å². The van der Waals surface area contributed by atoms with E-state index in [0.29, 0.717) is 6.42 Å². The van der Waals surface area contributed by atoms with E-state index in [4.69, 9.17) is 0 Å². The Bertz CT molecular complexity index is 604. The topological polar surface area (TPSA) is 45.2 Å². The SMILES string of the molecule is O=C(Cc1csc(-c2cc(Br)cs2)n1)N1CCNCC1. The number of hydrogen-bond donors (Lipinski definition) is 1. The molecule has 20 heavy (non-hydrogen) atoms. The molecule has 0 saturated carbocycles. The van der Waals surface area contributed by atoms with Crippen molar-refractivity contribution < 1.29 is 4.79 Å². The summed E-state index contributed by atoms with van der Waals surface area (Å²) in [6, 6.07) is 2.06. The third kappa shape index (κ3) is 3.28. The zero-order valence-electron chi connectivity index (χ0n) is 10.8. The Labute approximate surface area is 134 Å². The molecule has 0 bridgehead atoms. The van der Waals surface area contributed by atoms with Crippen molar-refractivity contribution in [3.05, 3.63) is 27.0 Å². The highest BCUT2D eigenvalue weighted by molar-refractivity contribution is 9.10. The Morgan fingerprint density at radius 3 is 2.85 bits per heavy atom. The van der Waals surface area contributed by atoms with Gasteiger partial charge in [0.1, 0.15) is 5.01 Å². The fraction of sp³-hybridized carbons (Fsp3) is 0.385. The minimum absolute atomic E-state index is 0.177. The summed E-state index contributed by atoms with van der Waals surface area (Å²) in [7, 11) is 0. The lowest BCUT2D eigenvalue weighted by atomic mass is 10.2. The van der Waals surface area contributed by atoms with Crippen molar-refractivity contribution in [3.8, 4) is 9.88 Å². The zero-order chi connectivity index (χ0) is 13.9. The molecule has 106 valence electrons. The first-order valence-electron chi connectivity index (χ1n) is 6.39. The Balaban J connectivity index is 1.66. The van der Waals surface area contributed by atoms with E-state index in [1.54, 1.807) is 22.7 Å². The molecule has 1 fully saturated rings. The van der Waals surface area contributed by atoms with Gasteiger partial charge < -0.3 is 10.2 Å². The third-order valence-electron chi connectivity index (χ3n) is 3.13. The van der Waals surface area contributed by atoms with Crippen LogP contribution in [-0.4, -0.2) is 42.0 Å². The molecule has 0 aliphatic carbocycles. The van der Waals surface area contributed by atoms with Crippen LogP contribution in [0.25, 0.3) is 9.88 Å². The number of thiazole rings is 1. The predicted octanol–water partition coefficient (Wildman–Crippen LogP) is 2.61. The average molecular weight is 372 g/mol. The molecule has 0 aromatic carbocycles. The number of nitrogens with one attached hydrogen (secondary N) is 1. The molecule has 1 aliphatic heterocycles. The molecule has 0 spiro atoms. The lowest BCUT2D eigenvalue weighted by Crippen LogP contribution is -2.46. The second-order valence-corrected chi connectivity index (χ2v) is 7.27. The molecule has 1 amide bonds. The summed E-state index contributed by atoms with van der Waals surface area (Å²) in [6.07, 6.45) is 0.406. The van der Waals surface area contributed by atoms with Gasteiger partial charge in [0.25, 0.3) is 0 Å². The van der Waals surface area contributed by atoms with Crippen molar-refractivity contribution in [1.82, 2.24) is 15.2 Å². The molecule has 0 radical (unpaired) electrons. The Morgan fingerprint density at radius 1 is 1.35 bits per heavy atom. The van der Waals surface area contributed by atoms with E-state index in [0.717, 1.165) is 46.2 Å². The maximum absolute atomic E-state index is 12.2. The van der Waals surface area contributed by atoms with Gasteiger partial charge >= 0.3 is 0 Å². The van der Waals surface area contributed by atoms with E-state index in [1.165, 1.54) is 0 Å². The molecule has 2 aromatic heterocycles. The fourth-order valence-electron chi connectivity index (χ4n) is 2.11. The Morgan fingerprint density at radius 2 is 2.15 bits per heavy atom. The van der Waals surface area contributed by atoms with E-state index in [9.17, 15) is 4.79 Å². The predicted molar refractivity (Wildman–Crippen MR) is 86.3 cm³/mol. The molecule has 0 atom stereocenters. The van der Waals surface area contributed by atoms with Crippen molar-refractivity contribution in [1.29, 1.82) is 0 Å². The van der Waals surface area contributed by atoms with Crippen molar-refractivity contribution in [2.24, 2.45) is 0 Å². The summed E-state index contributed by atoms with van der Waals surface area (Å²) < 4.78 is 1.08. The second kappa shape index (κ2) is 6.34. The molecule has 2 aromatic rings. The van der Waals surface area contributed by atoms with Crippen molar-refractivity contribution in [3.63, 3.8) is 0 Å². The minimum Gasteiger partial charge on any atom is -0.340 e. The van der Waals surface area contributed by atoms with Crippen LogP contribution in [0, 0.1) is 0 Å². The number of piperazine rings is 1. The van der Waals surface area contributed by atoms with Gasteiger partial charge in [-0.2, -0.15) is 0 Å². The van der Waals surface area contributed by atoms with Crippen LogP contribution in [0.15, 0.2) is 21.3 Å². The highest BCUT2D eigenvalue weighted by Crippen LogP contribution is 2.32. The zero-order valence-corrected chi connectivity index (χ0v) is 14.0. The number of halogens is 1. The van der Waals surface area contributed by atoms with Gasteiger partial charge in [0, 0.05) is 41.4 Å². The average Bonchev–Trinajstić information content (AvgIpc) is 3.09. The largest absolute Gasteiger partial charge is 0.340 e. The molecule has 1 saturated heterocycles. The minimum atomic E-state index is 0.177. The smallest absolute Gasteiger partial charge is 0.228 e. The number of amides is 1. The number of carbonyl (C=O) groups is 1. The quantitative estimate of drug-likeness (QED) is 0.901. The Hall–Kier alpha value is -0.760. The van der Waals surface area contributed by atoms with Crippen LogP contribution in [-0.2, 0) is 11.2 Å². The second-order valence-electron chi connectivity index (χ2n) is 4.58. The molecule has 4 nitrogen and oxygen atoms in total. The van der Waals surface area contributed by atoms with Gasteiger partial charge in [-0.3, -0.25) is 4.79 Å². The van der Waals surface area contributed by atoms with Gasteiger partial charge in [0.2, 0.25) is 5.91 Å². The number of rotatable bonds is 3. The van der Waals surface area contributed by atoms with Gasteiger partial charge in [-0.1, -0.05) is 0 Å². The third-order valence-corrected chi connectivity index (χ3v) is 5.88. The van der Waals surface area contributed by atoms with Crippen LogP contribution < -0.4 is 5.32 Å². The van der Waals surface area contributed by atoms with E-state index in [1.807, 2.05) is 15.7 Å². The maximum Gasteiger partial charge on any atom is 0.228 e.